The van der Waals surface area contributed by atoms with E-state index in [1.54, 1.807) is 18.6 Å². The molecule has 4 N–H and O–H groups in total. The highest BCUT2D eigenvalue weighted by Gasteiger charge is 2.36. The standard InChI is InChI=1S/2C27H18F6N4O3.C19H15F3N4O2.C8H4ClF3O/c2*28-17-12-20(36-26(39)15-2-1-3-16(10-15)27(31,32)33)24(30)22(23(17)29)25(38)14-4-5-18-19(11-14)35-21(13-34-18)37-6-8-40-9-7-37;20-11-8-12(23)18(22)16(17(11)21)19(27)10-1-2-13-14(7-10)25-15(9-24-13)26-3-5-28-6-4-26;9-7(13)5-2-1-3-6(4-5)8(10,11)12/h2*1-5,10-13H,6-9H2,(H,36,39);1-2,7-9H,3-6,23H2;1-4H. The number of ketones is 3. The van der Waals surface area contributed by atoms with E-state index in [1.165, 1.54) is 60.7 Å². The molecule has 3 aliphatic heterocycles. The van der Waals surface area contributed by atoms with Crippen molar-refractivity contribution in [1.29, 1.82) is 0 Å². The highest BCUT2D eigenvalue weighted by atomic mass is 35.5. The molecule has 0 bridgehead atoms. The third-order valence-electron chi connectivity index (χ3n) is 18.4. The summed E-state index contributed by atoms with van der Waals surface area (Å²) >= 11 is 5.02. The first-order chi connectivity index (χ1) is 57.4. The fraction of sp³-hybridized carbons (Fsp3) is 0.185. The largest absolute Gasteiger partial charge is 0.416 e. The van der Waals surface area contributed by atoms with Gasteiger partial charge >= 0.3 is 18.5 Å². The summed E-state index contributed by atoms with van der Waals surface area (Å²) in [7, 11) is 0. The maximum Gasteiger partial charge on any atom is 0.416 e. The first-order valence-corrected chi connectivity index (χ1v) is 35.8. The lowest BCUT2D eigenvalue weighted by Gasteiger charge is -2.27. The molecule has 6 heterocycles. The molecule has 2 amide bonds. The lowest BCUT2D eigenvalue weighted by Crippen LogP contribution is -2.36. The van der Waals surface area contributed by atoms with Crippen molar-refractivity contribution in [2.24, 2.45) is 0 Å². The number of nitrogen functional groups attached to an aromatic ring is 1. The van der Waals surface area contributed by atoms with Gasteiger partial charge in [0.25, 0.3) is 17.1 Å². The summed E-state index contributed by atoms with van der Waals surface area (Å²) in [5.41, 5.74) is -3.53. The van der Waals surface area contributed by atoms with Crippen LogP contribution in [-0.4, -0.2) is 143 Å². The van der Waals surface area contributed by atoms with Gasteiger partial charge in [0.05, 0.1) is 142 Å². The lowest BCUT2D eigenvalue weighted by atomic mass is 10.00. The second kappa shape index (κ2) is 36.5. The SMILES string of the molecule is Nc1cc(F)c(F)c(C(=O)c2ccc3ncc(N4CCOCC4)nc3c2)c1F.O=C(Cl)c1cccc(C(F)(F)F)c1.O=C(Nc1cc(F)c(F)c(C(=O)c2ccc3ncc(N4CCOCC4)nc3c2)c1F)c1cccc(C(F)(F)F)c1.O=C(Nc1cc(F)c(F)c(C(=O)c2ccc3ncc(N4CCOCC4)nc3c2)c1F)c1cccc(C(F)(F)F)c1. The summed E-state index contributed by atoms with van der Waals surface area (Å²) in [6, 6.07) is 23.5. The Morgan fingerprint density at radius 3 is 0.942 bits per heavy atom. The van der Waals surface area contributed by atoms with Gasteiger partial charge in [-0.05, 0) is 115 Å². The zero-order valence-corrected chi connectivity index (χ0v) is 62.3. The van der Waals surface area contributed by atoms with Crippen LogP contribution in [0.2, 0.25) is 0 Å². The van der Waals surface area contributed by atoms with Crippen LogP contribution in [-0.2, 0) is 32.7 Å². The van der Waals surface area contributed by atoms with Crippen LogP contribution in [0.25, 0.3) is 33.1 Å². The minimum Gasteiger partial charge on any atom is -0.396 e. The predicted octanol–water partition coefficient (Wildman–Crippen LogP) is 16.6. The number of morpholine rings is 3. The first kappa shape index (κ1) is 87.1. The Kier molecular flexibility index (Phi) is 26.3. The van der Waals surface area contributed by atoms with Crippen molar-refractivity contribution in [3.63, 3.8) is 0 Å². The molecule has 0 aliphatic carbocycles. The Morgan fingerprint density at radius 2 is 0.636 bits per heavy atom. The molecule has 15 rings (SSSR count). The molecule has 3 aromatic heterocycles. The number of carbonyl (C=O) groups excluding carboxylic acids is 6. The van der Waals surface area contributed by atoms with E-state index in [1.807, 2.05) is 25.3 Å². The van der Waals surface area contributed by atoms with E-state index in [-0.39, 0.29) is 33.3 Å². The normalized spacial score (nSPS) is 13.8. The Labute approximate surface area is 674 Å². The third-order valence-corrected chi connectivity index (χ3v) is 18.6. The molecule has 3 fully saturated rings. The van der Waals surface area contributed by atoms with E-state index in [9.17, 15) is 99.0 Å². The predicted molar refractivity (Wildman–Crippen MR) is 402 cm³/mol. The van der Waals surface area contributed by atoms with Crippen LogP contribution >= 0.6 is 11.6 Å². The van der Waals surface area contributed by atoms with Gasteiger partial charge in [-0.1, -0.05) is 24.3 Å². The van der Waals surface area contributed by atoms with Gasteiger partial charge in [0.2, 0.25) is 0 Å². The first-order valence-electron chi connectivity index (χ1n) is 35.5. The van der Waals surface area contributed by atoms with E-state index < -0.39 is 167 Å². The number of halogens is 19. The maximum atomic E-state index is 15.3. The molecule has 121 heavy (non-hydrogen) atoms. The van der Waals surface area contributed by atoms with Crippen molar-refractivity contribution in [1.82, 2.24) is 29.9 Å². The monoisotopic (exact) mass is 1720 g/mol. The van der Waals surface area contributed by atoms with Gasteiger partial charge < -0.3 is 45.3 Å². The molecule has 0 saturated carbocycles. The topological polar surface area (TPSA) is 267 Å². The Hall–Kier alpha value is -13.3. The van der Waals surface area contributed by atoms with E-state index in [0.29, 0.717) is 149 Å². The minimum absolute atomic E-state index is 0.0521. The Balaban J connectivity index is 0.000000156. The van der Waals surface area contributed by atoms with Crippen molar-refractivity contribution in [3.8, 4) is 0 Å². The number of nitrogens with one attached hydrogen (secondary N) is 2. The van der Waals surface area contributed by atoms with E-state index in [0.717, 1.165) is 54.6 Å². The molecule has 3 aliphatic rings. The van der Waals surface area contributed by atoms with Crippen LogP contribution in [0.1, 0.15) is 95.5 Å². The number of rotatable bonds is 14. The van der Waals surface area contributed by atoms with Crippen molar-refractivity contribution in [2.75, 3.05) is 110 Å². The highest BCUT2D eigenvalue weighted by Crippen LogP contribution is 2.36. The van der Waals surface area contributed by atoms with Gasteiger partial charge in [0, 0.05) is 90.8 Å². The molecule has 0 spiro atoms. The molecule has 0 radical (unpaired) electrons. The Bertz CT molecular complexity index is 5780. The third kappa shape index (κ3) is 20.2. The number of amides is 2. The number of aromatic nitrogens is 6. The van der Waals surface area contributed by atoms with E-state index >= 15 is 8.78 Å². The second-order valence-corrected chi connectivity index (χ2v) is 26.6. The van der Waals surface area contributed by atoms with Crippen molar-refractivity contribution in [3.05, 3.63) is 283 Å². The van der Waals surface area contributed by atoms with Crippen molar-refractivity contribution >= 4 is 114 Å². The number of nitrogens with two attached hydrogens (primary N) is 1. The van der Waals surface area contributed by atoms with Crippen LogP contribution in [0.5, 0.6) is 0 Å². The molecule has 9 aromatic carbocycles. The number of hydrogen-bond donors (Lipinski definition) is 3. The summed E-state index contributed by atoms with van der Waals surface area (Å²) in [5.74, 6) is -18.7. The number of fused-ring (bicyclic) bond motifs is 3. The average Bonchev–Trinajstić information content (AvgIpc) is 0.778. The molecule has 0 atom stereocenters. The second-order valence-electron chi connectivity index (χ2n) is 26.3. The lowest BCUT2D eigenvalue weighted by molar-refractivity contribution is -0.138. The van der Waals surface area contributed by atoms with Gasteiger partial charge in [0.1, 0.15) is 17.5 Å². The molecule has 21 nitrogen and oxygen atoms in total. The quantitative estimate of drug-likeness (QED) is 0.0300. The summed E-state index contributed by atoms with van der Waals surface area (Å²) < 4.78 is 261. The minimum atomic E-state index is -4.75. The molecule has 40 heteroatoms. The maximum absolute atomic E-state index is 15.3. The van der Waals surface area contributed by atoms with Gasteiger partial charge in [0.15, 0.2) is 69.7 Å². The van der Waals surface area contributed by atoms with Gasteiger partial charge in [-0.15, -0.1) is 0 Å². The van der Waals surface area contributed by atoms with Crippen molar-refractivity contribution in [2.45, 2.75) is 18.5 Å². The molecular formula is C81H55ClF18N12O9. The summed E-state index contributed by atoms with van der Waals surface area (Å²) in [6.07, 6.45) is -9.25. The van der Waals surface area contributed by atoms with Gasteiger partial charge in [-0.25, -0.2) is 54.5 Å². The number of nitrogens with zero attached hydrogens (tertiary/aromatic N) is 9. The number of benzene rings is 9. The van der Waals surface area contributed by atoms with Crippen LogP contribution < -0.4 is 31.1 Å². The number of ether oxygens (including phenoxy) is 3. The number of anilines is 6. The number of carbonyl (C=O) groups is 6. The molecule has 0 unspecified atom stereocenters. The number of alkyl halides is 9. The summed E-state index contributed by atoms with van der Waals surface area (Å²) in [4.78, 5) is 107. The molecule has 3 saturated heterocycles. The highest BCUT2D eigenvalue weighted by molar-refractivity contribution is 6.67. The molecular weight excluding hydrogens is 1660 g/mol. The van der Waals surface area contributed by atoms with Gasteiger partial charge in [-0.3, -0.25) is 43.7 Å². The van der Waals surface area contributed by atoms with E-state index in [2.05, 4.69) is 29.9 Å². The van der Waals surface area contributed by atoms with Crippen LogP contribution in [0.4, 0.5) is 114 Å². The molecule has 626 valence electrons. The smallest absolute Gasteiger partial charge is 0.396 e. The van der Waals surface area contributed by atoms with E-state index in [4.69, 9.17) is 31.5 Å². The fourth-order valence-corrected chi connectivity index (χ4v) is 12.3. The van der Waals surface area contributed by atoms with Crippen molar-refractivity contribution < 1.29 is 122 Å². The van der Waals surface area contributed by atoms with Gasteiger partial charge in [-0.2, -0.15) is 39.5 Å². The van der Waals surface area contributed by atoms with Crippen LogP contribution in [0.15, 0.2) is 164 Å². The summed E-state index contributed by atoms with van der Waals surface area (Å²) in [6.45, 7) is 6.64. The zero-order valence-electron chi connectivity index (χ0n) is 61.5. The summed E-state index contributed by atoms with van der Waals surface area (Å²) in [5, 5.41) is 2.93. The Morgan fingerprint density at radius 1 is 0.347 bits per heavy atom. The average molecular weight is 1720 g/mol. The van der Waals surface area contributed by atoms with Crippen LogP contribution in [0, 0.1) is 52.4 Å². The molecule has 12 aromatic rings. The zero-order chi connectivity index (χ0) is 87.1. The fourth-order valence-electron chi connectivity index (χ4n) is 12.2. The number of hydrogen-bond acceptors (Lipinski definition) is 19. The van der Waals surface area contributed by atoms with Crippen LogP contribution in [0.3, 0.4) is 0 Å².